The van der Waals surface area contributed by atoms with E-state index in [4.69, 9.17) is 69.6 Å². The maximum absolute atomic E-state index is 12.7. The van der Waals surface area contributed by atoms with Gasteiger partial charge in [0.05, 0.1) is 64.7 Å². The first-order valence-electron chi connectivity index (χ1n) is 41.3. The third-order valence-electron chi connectivity index (χ3n) is 22.3. The van der Waals surface area contributed by atoms with Crippen molar-refractivity contribution in [3.63, 3.8) is 0 Å². The van der Waals surface area contributed by atoms with E-state index < -0.39 is 90.5 Å². The molecule has 0 unspecified atom stereocenters. The topological polar surface area (TPSA) is 404 Å². The van der Waals surface area contributed by atoms with E-state index in [0.29, 0.717) is 120 Å². The molecule has 0 saturated carbocycles. The Kier molecular flexibility index (Phi) is 38.2. The first-order chi connectivity index (χ1) is 66.1. The van der Waals surface area contributed by atoms with Crippen LogP contribution in [0.4, 0.5) is 0 Å². The monoisotopic (exact) mass is 2630 g/mol. The molecule has 6 amide bonds. The van der Waals surface area contributed by atoms with Crippen LogP contribution in [-0.4, -0.2) is 258 Å². The van der Waals surface area contributed by atoms with Gasteiger partial charge in [0.25, 0.3) is 35.4 Å². The van der Waals surface area contributed by atoms with Crippen molar-refractivity contribution in [1.82, 2.24) is 59.3 Å². The van der Waals surface area contributed by atoms with Crippen molar-refractivity contribution in [1.29, 1.82) is 0 Å². The van der Waals surface area contributed by atoms with E-state index in [2.05, 4.69) is 125 Å². The number of aryl methyl sites for hydroxylation is 2. The molecule has 12 aromatic rings. The molecule has 12 heterocycles. The van der Waals surface area contributed by atoms with E-state index in [-0.39, 0.29) is 148 Å². The molecule has 0 radical (unpaired) electrons. The summed E-state index contributed by atoms with van der Waals surface area (Å²) in [5.41, 5.74) is 2.64. The molecule has 6 fully saturated rings. The fourth-order valence-electron chi connectivity index (χ4n) is 14.7. The number of aromatic nitrogens is 6. The molecule has 0 N–H and O–H groups in total. The maximum Gasteiger partial charge on any atom is 0.253 e. The Hall–Kier alpha value is -5.76. The highest BCUT2D eigenvalue weighted by Gasteiger charge is 2.45. The van der Waals surface area contributed by atoms with E-state index in [1.807, 2.05) is 13.8 Å². The summed E-state index contributed by atoms with van der Waals surface area (Å²) in [4.78, 5) is 112. The molecule has 6 aliphatic heterocycles. The van der Waals surface area contributed by atoms with Crippen molar-refractivity contribution in [2.24, 2.45) is 0 Å². The predicted molar refractivity (Wildman–Crippen MR) is 572 cm³/mol. The van der Waals surface area contributed by atoms with Gasteiger partial charge in [0.2, 0.25) is 0 Å². The molecule has 6 saturated heterocycles. The van der Waals surface area contributed by atoms with Gasteiger partial charge in [0, 0.05) is 207 Å². The number of halogens is 12. The van der Waals surface area contributed by atoms with E-state index >= 15 is 0 Å². The van der Waals surface area contributed by atoms with Crippen LogP contribution in [0.15, 0.2) is 195 Å². The Bertz CT molecular complexity index is 6670. The van der Waals surface area contributed by atoms with Crippen LogP contribution in [0.2, 0.25) is 30.1 Å². The van der Waals surface area contributed by atoms with Gasteiger partial charge in [-0.25, -0.2) is 80.4 Å². The normalized spacial score (nSPS) is 20.3. The number of hydrogen-bond donors (Lipinski definition) is 0. The van der Waals surface area contributed by atoms with Gasteiger partial charge in [-0.1, -0.05) is 69.6 Å². The Morgan fingerprint density at radius 3 is 0.571 bits per heavy atom. The standard InChI is InChI=1S/2C15H14BrClN2O3S2.4C14H12BrClN2O3S2/c2*1-9-7-18-14(23-9)13-8-19(4-5-24(13,21)22)15(20)10-2-3-11(16)12(17)6-10;4*15-10-2-1-9(7-11(10)16)14(19)18-4-6-23(20,21)12(8-18)13-17-3-5-22-13/h2*2-3,6-7,13H,4-5,8H2,1H3;4*1-3,5,7,12H,4,6,8H2/t2*13-;4*12-/m101100/s1. The van der Waals surface area contributed by atoms with Crippen LogP contribution in [0.25, 0.3) is 0 Å². The molecule has 30 nitrogen and oxygen atoms in total. The molecule has 0 aliphatic carbocycles. The van der Waals surface area contributed by atoms with Gasteiger partial charge in [-0.2, -0.15) is 0 Å². The summed E-state index contributed by atoms with van der Waals surface area (Å²) >= 11 is 63.8. The van der Waals surface area contributed by atoms with Crippen LogP contribution in [-0.2, 0) is 59.0 Å². The number of sulfone groups is 6. The molecular weight excluding hydrogens is 2570 g/mol. The van der Waals surface area contributed by atoms with Crippen molar-refractivity contribution in [2.75, 3.05) is 113 Å². The summed E-state index contributed by atoms with van der Waals surface area (Å²) in [6.07, 6.45) is 9.61. The highest BCUT2D eigenvalue weighted by atomic mass is 79.9. The summed E-state index contributed by atoms with van der Waals surface area (Å²) in [7, 11) is -19.8. The first-order valence-corrected chi connectivity index (χ1v) is 63.7. The minimum atomic E-state index is -3.31. The number of carbonyl (C=O) groups is 6. The SMILES string of the molecule is Cc1cnc([C@@H]2CN(C(=O)c3ccc(Br)c(Cl)c3)CCS2(=O)=O)s1.Cc1cnc([C@H]2CN(C(=O)c3ccc(Br)c(Cl)c3)CCS2(=O)=O)s1.O=C(c1ccc(Br)c(Cl)c1)N1CCS(=O)(=O)[C@@H](c2nccs2)C1.O=C(c1ccc(Br)c(Cl)c1)N1CCS(=O)(=O)[C@@H](c2nccs2)C1.O=C(c1ccc(Br)c(Cl)c1)N1CCS(=O)(=O)[C@H](c2nccs2)C1.O=C(c1ccc(Br)c(Cl)c1)N1CCS(=O)(=O)[C@H](c2nccs2)C1. The van der Waals surface area contributed by atoms with Gasteiger partial charge >= 0.3 is 0 Å². The number of hydrogen-bond acceptors (Lipinski definition) is 30. The molecule has 0 bridgehead atoms. The Morgan fingerprint density at radius 2 is 0.436 bits per heavy atom. The molecule has 6 aliphatic rings. The van der Waals surface area contributed by atoms with Crippen LogP contribution in [0.3, 0.4) is 0 Å². The highest BCUT2D eigenvalue weighted by Crippen LogP contribution is 2.41. The Morgan fingerprint density at radius 1 is 0.271 bits per heavy atom. The van der Waals surface area contributed by atoms with Crippen molar-refractivity contribution in [2.45, 2.75) is 45.3 Å². The molecule has 6 aromatic carbocycles. The minimum Gasteiger partial charge on any atom is -0.336 e. The smallest absolute Gasteiger partial charge is 0.253 e. The van der Waals surface area contributed by atoms with Crippen LogP contribution < -0.4 is 0 Å². The van der Waals surface area contributed by atoms with Gasteiger partial charge in [-0.3, -0.25) is 28.8 Å². The molecule has 140 heavy (non-hydrogen) atoms. The van der Waals surface area contributed by atoms with Crippen LogP contribution in [0.5, 0.6) is 0 Å². The molecular formula is C86H76Br6Cl6N12O18S12. The van der Waals surface area contributed by atoms with Gasteiger partial charge in [-0.05, 0) is 219 Å². The zero-order chi connectivity index (χ0) is 101. The van der Waals surface area contributed by atoms with Crippen molar-refractivity contribution >= 4 is 328 Å². The lowest BCUT2D eigenvalue weighted by molar-refractivity contribution is 0.0750. The van der Waals surface area contributed by atoms with Gasteiger partial charge < -0.3 is 29.4 Å². The fraction of sp³-hybridized carbons (Fsp3) is 0.302. The van der Waals surface area contributed by atoms with E-state index in [1.54, 1.807) is 197 Å². The van der Waals surface area contributed by atoms with E-state index in [0.717, 1.165) is 9.75 Å². The number of rotatable bonds is 12. The average molecular weight is 2640 g/mol. The lowest BCUT2D eigenvalue weighted by atomic mass is 10.2. The quantitative estimate of drug-likeness (QED) is 0.110. The third-order valence-corrected chi connectivity index (χ3v) is 48.1. The zero-order valence-electron chi connectivity index (χ0n) is 72.5. The van der Waals surface area contributed by atoms with Gasteiger partial charge in [0.1, 0.15) is 61.5 Å². The van der Waals surface area contributed by atoms with Crippen molar-refractivity contribution in [3.8, 4) is 0 Å². The summed E-state index contributed by atoms with van der Waals surface area (Å²) in [5, 5.41) is 8.21. The lowest BCUT2D eigenvalue weighted by Crippen LogP contribution is -2.45. The Balaban J connectivity index is 0.000000141. The highest BCUT2D eigenvalue weighted by molar-refractivity contribution is 9.11. The summed E-state index contributed by atoms with van der Waals surface area (Å²) < 4.78 is 152. The number of carbonyl (C=O) groups excluding carboxylic acids is 6. The lowest BCUT2D eigenvalue weighted by Gasteiger charge is -2.31. The number of amides is 6. The minimum absolute atomic E-state index is 0.0623. The number of thiazole rings is 6. The van der Waals surface area contributed by atoms with Gasteiger partial charge in [0.15, 0.2) is 59.0 Å². The number of benzene rings is 6. The van der Waals surface area contributed by atoms with E-state index in [1.165, 1.54) is 68.0 Å². The zero-order valence-corrected chi connectivity index (χ0v) is 96.4. The molecule has 6 atom stereocenters. The Labute approximate surface area is 911 Å². The number of nitrogens with zero attached hydrogens (tertiary/aromatic N) is 12. The fourth-order valence-corrected chi connectivity index (χ4v) is 34.0. The summed E-state index contributed by atoms with van der Waals surface area (Å²) in [6, 6.07) is 29.7. The molecule has 54 heteroatoms. The van der Waals surface area contributed by atoms with Crippen LogP contribution >= 0.6 is 233 Å². The van der Waals surface area contributed by atoms with Crippen LogP contribution in [0.1, 0.15) is 133 Å². The summed E-state index contributed by atoms with van der Waals surface area (Å²) in [6.45, 7) is 5.50. The molecule has 744 valence electrons. The predicted octanol–water partition coefficient (Wildman–Crippen LogP) is 19.6. The molecule has 6 aromatic heterocycles. The largest absolute Gasteiger partial charge is 0.336 e. The molecule has 0 spiro atoms. The first kappa shape index (κ1) is 111. The second kappa shape index (κ2) is 48.0. The molecule has 18 rings (SSSR count). The maximum atomic E-state index is 12.7. The summed E-state index contributed by atoms with van der Waals surface area (Å²) in [5.74, 6) is -1.73. The van der Waals surface area contributed by atoms with Crippen LogP contribution in [0, 0.1) is 13.8 Å². The second-order valence-corrected chi connectivity index (χ2v) is 59.1. The van der Waals surface area contributed by atoms with Crippen molar-refractivity contribution < 1.29 is 79.3 Å². The van der Waals surface area contributed by atoms with Crippen molar-refractivity contribution in [3.05, 3.63) is 298 Å². The second-order valence-electron chi connectivity index (χ2n) is 31.5. The van der Waals surface area contributed by atoms with Gasteiger partial charge in [-0.15, -0.1) is 68.0 Å². The average Bonchev–Trinajstić information content (AvgIpc) is 1.37. The van der Waals surface area contributed by atoms with E-state index in [9.17, 15) is 79.3 Å². The third kappa shape index (κ3) is 27.8.